The third kappa shape index (κ3) is 1.76. The molecule has 2 aliphatic carbocycles. The molecule has 1 aromatic carbocycles. The Kier molecular flexibility index (Phi) is 2.82. The van der Waals surface area contributed by atoms with Crippen LogP contribution in [-0.4, -0.2) is 28.5 Å². The van der Waals surface area contributed by atoms with Crippen LogP contribution >= 0.6 is 0 Å². The third-order valence-electron chi connectivity index (χ3n) is 6.22. The Morgan fingerprint density at radius 2 is 2.19 bits per heavy atom. The van der Waals surface area contributed by atoms with Gasteiger partial charge in [0, 0.05) is 24.9 Å². The fraction of sp³-hybridized carbons (Fsp3) is 0.611. The average molecular weight is 285 g/mol. The fourth-order valence-electron chi connectivity index (χ4n) is 5.38. The molecule has 3 aliphatic rings. The summed E-state index contributed by atoms with van der Waals surface area (Å²) in [7, 11) is 0. The lowest BCUT2D eigenvalue weighted by atomic mass is 9.52. The molecule has 1 aliphatic heterocycles. The summed E-state index contributed by atoms with van der Waals surface area (Å²) in [4.78, 5) is 14.1. The molecule has 112 valence electrons. The molecule has 3 heteroatoms. The number of benzene rings is 1. The van der Waals surface area contributed by atoms with Crippen LogP contribution in [0.5, 0.6) is 5.75 Å². The van der Waals surface area contributed by atoms with Crippen molar-refractivity contribution in [1.29, 1.82) is 0 Å². The molecule has 0 spiro atoms. The van der Waals surface area contributed by atoms with Gasteiger partial charge in [-0.1, -0.05) is 18.9 Å². The Balaban J connectivity index is 1.87. The smallest absolute Gasteiger partial charge is 0.219 e. The predicted molar refractivity (Wildman–Crippen MR) is 81.2 cm³/mol. The molecule has 2 bridgehead atoms. The van der Waals surface area contributed by atoms with E-state index in [1.165, 1.54) is 36.8 Å². The van der Waals surface area contributed by atoms with E-state index in [-0.39, 0.29) is 11.3 Å². The maximum atomic E-state index is 12.0. The van der Waals surface area contributed by atoms with E-state index >= 15 is 0 Å². The second-order valence-electron chi connectivity index (χ2n) is 7.08. The zero-order chi connectivity index (χ0) is 14.6. The van der Waals surface area contributed by atoms with Gasteiger partial charge in [0.2, 0.25) is 5.91 Å². The molecule has 3 atom stereocenters. The summed E-state index contributed by atoms with van der Waals surface area (Å²) in [5, 5.41) is 9.95. The van der Waals surface area contributed by atoms with E-state index in [0.29, 0.717) is 17.7 Å². The molecule has 21 heavy (non-hydrogen) atoms. The van der Waals surface area contributed by atoms with Crippen LogP contribution in [0.15, 0.2) is 18.2 Å². The van der Waals surface area contributed by atoms with Crippen molar-refractivity contribution in [3.8, 4) is 5.75 Å². The van der Waals surface area contributed by atoms with Crippen LogP contribution in [0.4, 0.5) is 0 Å². The molecule has 0 unspecified atom stereocenters. The molecule has 0 radical (unpaired) electrons. The van der Waals surface area contributed by atoms with Crippen molar-refractivity contribution in [3.05, 3.63) is 29.3 Å². The Labute approximate surface area is 126 Å². The van der Waals surface area contributed by atoms with E-state index in [4.69, 9.17) is 0 Å². The highest BCUT2D eigenvalue weighted by Crippen LogP contribution is 2.56. The largest absolute Gasteiger partial charge is 0.508 e. The van der Waals surface area contributed by atoms with Crippen molar-refractivity contribution in [3.63, 3.8) is 0 Å². The number of aromatic hydroxyl groups is 1. The minimum absolute atomic E-state index is 0.210. The molecule has 1 N–H and O–H groups in total. The van der Waals surface area contributed by atoms with Crippen molar-refractivity contribution < 1.29 is 9.90 Å². The number of carbonyl (C=O) groups excluding carboxylic acids is 1. The number of phenols is 1. The SMILES string of the molecule is CC(=O)N1CC[C@]23CCCC[C@H]2[C@@H]1Cc1ccc(O)cc13. The van der Waals surface area contributed by atoms with Gasteiger partial charge in [0.1, 0.15) is 5.75 Å². The molecular weight excluding hydrogens is 262 g/mol. The standard InChI is InChI=1S/C18H23NO2/c1-12(20)19-9-8-18-7-3-2-4-15(18)17(19)10-13-5-6-14(21)11-16(13)18/h5-6,11,15,17,21H,2-4,7-10H2,1H3/t15-,17-,18+/m0/s1. The number of fused-ring (bicyclic) bond motifs is 1. The first-order chi connectivity index (χ1) is 10.1. The van der Waals surface area contributed by atoms with Crippen molar-refractivity contribution >= 4 is 5.91 Å². The van der Waals surface area contributed by atoms with Gasteiger partial charge in [-0.3, -0.25) is 4.79 Å². The molecule has 1 saturated carbocycles. The highest BCUT2D eigenvalue weighted by atomic mass is 16.3. The van der Waals surface area contributed by atoms with E-state index in [1.54, 1.807) is 13.0 Å². The van der Waals surface area contributed by atoms with Crippen LogP contribution in [0.2, 0.25) is 0 Å². The summed E-state index contributed by atoms with van der Waals surface area (Å²) in [6.45, 7) is 2.59. The second-order valence-corrected chi connectivity index (χ2v) is 7.08. The van der Waals surface area contributed by atoms with Gasteiger partial charge in [0.25, 0.3) is 0 Å². The quantitative estimate of drug-likeness (QED) is 0.796. The molecular formula is C18H23NO2. The lowest BCUT2D eigenvalue weighted by molar-refractivity contribution is -0.138. The number of rotatable bonds is 0. The second kappa shape index (κ2) is 4.49. The van der Waals surface area contributed by atoms with Crippen molar-refractivity contribution in [1.82, 2.24) is 4.90 Å². The van der Waals surface area contributed by atoms with E-state index < -0.39 is 0 Å². The van der Waals surface area contributed by atoms with Crippen molar-refractivity contribution in [2.75, 3.05) is 6.54 Å². The molecule has 2 fully saturated rings. The van der Waals surface area contributed by atoms with Crippen LogP contribution in [-0.2, 0) is 16.6 Å². The summed E-state index contributed by atoms with van der Waals surface area (Å²) in [5.41, 5.74) is 2.94. The van der Waals surface area contributed by atoms with Crippen molar-refractivity contribution in [2.45, 2.75) is 56.9 Å². The Bertz CT molecular complexity index is 597. The number of carbonyl (C=O) groups is 1. The molecule has 4 rings (SSSR count). The predicted octanol–water partition coefficient (Wildman–Crippen LogP) is 3.00. The normalized spacial score (nSPS) is 34.0. The fourth-order valence-corrected chi connectivity index (χ4v) is 5.38. The Hall–Kier alpha value is -1.51. The van der Waals surface area contributed by atoms with E-state index in [9.17, 15) is 9.90 Å². The van der Waals surface area contributed by atoms with Crippen LogP contribution in [0, 0.1) is 5.92 Å². The monoisotopic (exact) mass is 285 g/mol. The topological polar surface area (TPSA) is 40.5 Å². The van der Waals surface area contributed by atoms with Gasteiger partial charge in [-0.05, 0) is 54.9 Å². The number of phenolic OH excluding ortho intramolecular Hbond substituents is 1. The highest BCUT2D eigenvalue weighted by molar-refractivity contribution is 5.74. The zero-order valence-electron chi connectivity index (χ0n) is 12.6. The molecule has 1 heterocycles. The Morgan fingerprint density at radius 3 is 3.00 bits per heavy atom. The van der Waals surface area contributed by atoms with Crippen LogP contribution in [0.3, 0.4) is 0 Å². The average Bonchev–Trinajstić information content (AvgIpc) is 2.48. The first-order valence-electron chi connectivity index (χ1n) is 8.21. The molecule has 1 amide bonds. The summed E-state index contributed by atoms with van der Waals surface area (Å²) in [6, 6.07) is 6.25. The third-order valence-corrected chi connectivity index (χ3v) is 6.22. The lowest BCUT2D eigenvalue weighted by Crippen LogP contribution is -2.61. The van der Waals surface area contributed by atoms with E-state index in [1.807, 2.05) is 6.07 Å². The molecule has 0 aromatic heterocycles. The minimum atomic E-state index is 0.210. The first-order valence-corrected chi connectivity index (χ1v) is 8.21. The number of nitrogens with zero attached hydrogens (tertiary/aromatic N) is 1. The van der Waals surface area contributed by atoms with Gasteiger partial charge in [0.05, 0.1) is 0 Å². The zero-order valence-corrected chi connectivity index (χ0v) is 12.6. The van der Waals surface area contributed by atoms with Crippen LogP contribution in [0.25, 0.3) is 0 Å². The molecule has 3 nitrogen and oxygen atoms in total. The van der Waals surface area contributed by atoms with Crippen LogP contribution in [0.1, 0.15) is 50.2 Å². The van der Waals surface area contributed by atoms with Crippen molar-refractivity contribution in [2.24, 2.45) is 5.92 Å². The number of piperidine rings is 1. The number of hydrogen-bond donors (Lipinski definition) is 1. The lowest BCUT2D eigenvalue weighted by Gasteiger charge is -2.58. The van der Waals surface area contributed by atoms with Crippen LogP contribution < -0.4 is 0 Å². The highest BCUT2D eigenvalue weighted by Gasteiger charge is 2.54. The number of amides is 1. The summed E-state index contributed by atoms with van der Waals surface area (Å²) in [5.74, 6) is 1.19. The van der Waals surface area contributed by atoms with Gasteiger partial charge in [-0.15, -0.1) is 0 Å². The summed E-state index contributed by atoms with van der Waals surface area (Å²) in [6.07, 6.45) is 7.02. The number of likely N-dealkylation sites (tertiary alicyclic amines) is 1. The van der Waals surface area contributed by atoms with Gasteiger partial charge in [-0.25, -0.2) is 0 Å². The maximum absolute atomic E-state index is 12.0. The molecule has 1 saturated heterocycles. The van der Waals surface area contributed by atoms with Gasteiger partial charge >= 0.3 is 0 Å². The van der Waals surface area contributed by atoms with Gasteiger partial charge < -0.3 is 10.0 Å². The summed E-state index contributed by atoms with van der Waals surface area (Å²) < 4.78 is 0. The van der Waals surface area contributed by atoms with E-state index in [2.05, 4.69) is 11.0 Å². The number of hydrogen-bond acceptors (Lipinski definition) is 2. The first kappa shape index (κ1) is 13.2. The maximum Gasteiger partial charge on any atom is 0.219 e. The Morgan fingerprint density at radius 1 is 1.33 bits per heavy atom. The van der Waals surface area contributed by atoms with E-state index in [0.717, 1.165) is 19.4 Å². The summed E-state index contributed by atoms with van der Waals surface area (Å²) >= 11 is 0. The minimum Gasteiger partial charge on any atom is -0.508 e. The van der Waals surface area contributed by atoms with Gasteiger partial charge in [-0.2, -0.15) is 0 Å². The molecule has 1 aromatic rings. The van der Waals surface area contributed by atoms with Gasteiger partial charge in [0.15, 0.2) is 0 Å².